The van der Waals surface area contributed by atoms with Gasteiger partial charge in [-0.05, 0) is 24.8 Å². The second kappa shape index (κ2) is 5.59. The fourth-order valence-electron chi connectivity index (χ4n) is 3.22. The summed E-state index contributed by atoms with van der Waals surface area (Å²) in [6.07, 6.45) is 10.8. The lowest BCUT2D eigenvalue weighted by molar-refractivity contribution is -0.132. The Morgan fingerprint density at radius 1 is 1.18 bits per heavy atom. The van der Waals surface area contributed by atoms with Gasteiger partial charge >= 0.3 is 0 Å². The van der Waals surface area contributed by atoms with Gasteiger partial charge in [0.1, 0.15) is 5.82 Å². The van der Waals surface area contributed by atoms with E-state index in [9.17, 15) is 4.79 Å². The molecular weight excluding hydrogens is 278 g/mol. The van der Waals surface area contributed by atoms with Gasteiger partial charge in [0.15, 0.2) is 0 Å². The molecule has 2 aliphatic rings. The Kier molecular flexibility index (Phi) is 3.44. The Morgan fingerprint density at radius 2 is 2.09 bits per heavy atom. The molecule has 0 radical (unpaired) electrons. The van der Waals surface area contributed by atoms with Gasteiger partial charge in [0.25, 0.3) is 0 Å². The van der Waals surface area contributed by atoms with E-state index in [-0.39, 0.29) is 5.91 Å². The highest BCUT2D eigenvalue weighted by atomic mass is 16.2. The van der Waals surface area contributed by atoms with Gasteiger partial charge in [-0.15, -0.1) is 0 Å². The molecule has 2 aromatic rings. The maximum atomic E-state index is 12.5. The summed E-state index contributed by atoms with van der Waals surface area (Å²) in [4.78, 5) is 19.0. The normalized spacial score (nSPS) is 21.5. The lowest BCUT2D eigenvalue weighted by atomic mass is 10.1. The number of aromatic nitrogens is 4. The molecule has 1 amide bonds. The lowest BCUT2D eigenvalue weighted by Gasteiger charge is -2.24. The first-order chi connectivity index (χ1) is 10.8. The summed E-state index contributed by atoms with van der Waals surface area (Å²) in [7, 11) is 0. The van der Waals surface area contributed by atoms with Crippen molar-refractivity contribution in [2.45, 2.75) is 38.9 Å². The smallest absolute Gasteiger partial charge is 0.223 e. The van der Waals surface area contributed by atoms with Crippen LogP contribution in [0.15, 0.2) is 30.9 Å². The molecule has 0 saturated heterocycles. The van der Waals surface area contributed by atoms with Crippen LogP contribution in [0.5, 0.6) is 0 Å². The van der Waals surface area contributed by atoms with Crippen LogP contribution in [0.4, 0.5) is 0 Å². The van der Waals surface area contributed by atoms with Crippen molar-refractivity contribution in [3.05, 3.63) is 36.7 Å². The molecule has 116 valence electrons. The number of carbonyl (C=O) groups is 1. The van der Waals surface area contributed by atoms with Crippen LogP contribution in [0, 0.1) is 11.8 Å². The van der Waals surface area contributed by atoms with E-state index in [1.54, 1.807) is 6.20 Å². The molecule has 1 saturated carbocycles. The molecule has 6 nitrogen and oxygen atoms in total. The Bertz CT molecular complexity index is 643. The third-order valence-electron chi connectivity index (χ3n) is 4.58. The maximum Gasteiger partial charge on any atom is 0.223 e. The van der Waals surface area contributed by atoms with Crippen molar-refractivity contribution in [2.75, 3.05) is 6.54 Å². The number of fused-ring (bicyclic) bond motifs is 1. The van der Waals surface area contributed by atoms with E-state index in [2.05, 4.69) is 14.6 Å². The first kappa shape index (κ1) is 13.5. The molecule has 0 bridgehead atoms. The molecule has 3 heterocycles. The Hall–Kier alpha value is -2.11. The van der Waals surface area contributed by atoms with Gasteiger partial charge in [-0.1, -0.05) is 0 Å². The summed E-state index contributed by atoms with van der Waals surface area (Å²) in [6.45, 7) is 3.14. The second-order valence-electron chi connectivity index (χ2n) is 6.51. The third-order valence-corrected chi connectivity index (χ3v) is 4.58. The summed E-state index contributed by atoms with van der Waals surface area (Å²) in [5.74, 6) is 2.26. The molecule has 1 atom stereocenters. The van der Waals surface area contributed by atoms with Crippen LogP contribution >= 0.6 is 0 Å². The molecule has 1 fully saturated rings. The van der Waals surface area contributed by atoms with Crippen molar-refractivity contribution in [1.82, 2.24) is 24.2 Å². The van der Waals surface area contributed by atoms with Gasteiger partial charge in [0.05, 0.1) is 6.54 Å². The zero-order valence-electron chi connectivity index (χ0n) is 12.6. The first-order valence-electron chi connectivity index (χ1n) is 8.03. The number of rotatable bonds is 4. The average Bonchev–Trinajstić information content (AvgIpc) is 3.03. The summed E-state index contributed by atoms with van der Waals surface area (Å²) in [5.41, 5.74) is 0. The number of hydrogen-bond donors (Lipinski definition) is 0. The third kappa shape index (κ3) is 2.91. The molecule has 1 aliphatic carbocycles. The summed E-state index contributed by atoms with van der Waals surface area (Å²) in [6, 6.07) is 1.94. The zero-order chi connectivity index (χ0) is 14.9. The van der Waals surface area contributed by atoms with Crippen LogP contribution < -0.4 is 0 Å². The molecule has 6 heteroatoms. The van der Waals surface area contributed by atoms with Gasteiger partial charge in [-0.25, -0.2) is 4.98 Å². The summed E-state index contributed by atoms with van der Waals surface area (Å²) >= 11 is 0. The van der Waals surface area contributed by atoms with Gasteiger partial charge in [0.2, 0.25) is 5.91 Å². The largest absolute Gasteiger partial charge is 0.335 e. The van der Waals surface area contributed by atoms with E-state index in [4.69, 9.17) is 0 Å². The van der Waals surface area contributed by atoms with Crippen LogP contribution in [0.3, 0.4) is 0 Å². The summed E-state index contributed by atoms with van der Waals surface area (Å²) < 4.78 is 4.13. The average molecular weight is 299 g/mol. The van der Waals surface area contributed by atoms with Gasteiger partial charge in [-0.2, -0.15) is 5.10 Å². The van der Waals surface area contributed by atoms with Crippen molar-refractivity contribution in [3.8, 4) is 0 Å². The Labute approximate surface area is 129 Å². The molecule has 4 rings (SSSR count). The minimum atomic E-state index is 0.282. The Morgan fingerprint density at radius 3 is 2.86 bits per heavy atom. The summed E-state index contributed by atoms with van der Waals surface area (Å²) in [5, 5.41) is 4.30. The number of hydrogen-bond acceptors (Lipinski definition) is 3. The van der Waals surface area contributed by atoms with Crippen molar-refractivity contribution in [2.24, 2.45) is 11.8 Å². The monoisotopic (exact) mass is 299 g/mol. The van der Waals surface area contributed by atoms with Crippen LogP contribution in [0.1, 0.15) is 25.1 Å². The predicted molar refractivity (Wildman–Crippen MR) is 80.7 cm³/mol. The van der Waals surface area contributed by atoms with E-state index in [1.807, 2.05) is 34.2 Å². The number of nitrogens with zero attached hydrogens (tertiary/aromatic N) is 5. The lowest BCUT2D eigenvalue weighted by Crippen LogP contribution is -2.35. The second-order valence-corrected chi connectivity index (χ2v) is 6.51. The van der Waals surface area contributed by atoms with E-state index in [1.165, 1.54) is 12.8 Å². The fraction of sp³-hybridized carbons (Fsp3) is 0.562. The van der Waals surface area contributed by atoms with Crippen LogP contribution in [0.25, 0.3) is 0 Å². The maximum absolute atomic E-state index is 12.5. The van der Waals surface area contributed by atoms with Crippen molar-refractivity contribution in [3.63, 3.8) is 0 Å². The van der Waals surface area contributed by atoms with Crippen LogP contribution in [-0.4, -0.2) is 36.7 Å². The van der Waals surface area contributed by atoms with Gasteiger partial charge in [0, 0.05) is 56.8 Å². The van der Waals surface area contributed by atoms with E-state index in [0.29, 0.717) is 24.8 Å². The van der Waals surface area contributed by atoms with E-state index < -0.39 is 0 Å². The molecular formula is C16H21N5O. The molecule has 0 aromatic carbocycles. The molecule has 0 unspecified atom stereocenters. The molecule has 2 aromatic heterocycles. The topological polar surface area (TPSA) is 56.0 Å². The highest BCUT2D eigenvalue weighted by molar-refractivity contribution is 5.76. The minimum absolute atomic E-state index is 0.282. The van der Waals surface area contributed by atoms with Crippen molar-refractivity contribution >= 4 is 5.91 Å². The van der Waals surface area contributed by atoms with E-state index >= 15 is 0 Å². The zero-order valence-corrected chi connectivity index (χ0v) is 12.6. The van der Waals surface area contributed by atoms with Gasteiger partial charge in [-0.3, -0.25) is 9.48 Å². The molecule has 0 spiro atoms. The minimum Gasteiger partial charge on any atom is -0.335 e. The van der Waals surface area contributed by atoms with Crippen LogP contribution in [0.2, 0.25) is 0 Å². The quantitative estimate of drug-likeness (QED) is 0.860. The number of imidazole rings is 1. The molecule has 22 heavy (non-hydrogen) atoms. The predicted octanol–water partition coefficient (Wildman–Crippen LogP) is 1.54. The Balaban J connectivity index is 1.52. The highest BCUT2D eigenvalue weighted by Gasteiger charge is 2.30. The van der Waals surface area contributed by atoms with E-state index in [0.717, 1.165) is 25.5 Å². The standard InChI is InChI=1S/C16H21N5O/c22-16(8-13-2-3-13)20-10-14(11-21-6-1-4-18-21)9-19-7-5-17-15(19)12-20/h1,4-7,13-14H,2-3,8-12H2/t14-/m0/s1. The highest BCUT2D eigenvalue weighted by Crippen LogP contribution is 2.33. The SMILES string of the molecule is O=C(CC1CC1)N1Cc2nccn2C[C@H](Cn2cccn2)C1. The van der Waals surface area contributed by atoms with Crippen molar-refractivity contribution in [1.29, 1.82) is 0 Å². The molecule has 0 N–H and O–H groups in total. The van der Waals surface area contributed by atoms with Gasteiger partial charge < -0.3 is 9.47 Å². The first-order valence-corrected chi connectivity index (χ1v) is 8.03. The number of carbonyl (C=O) groups excluding carboxylic acids is 1. The number of amides is 1. The fourth-order valence-corrected chi connectivity index (χ4v) is 3.22. The van der Waals surface area contributed by atoms with Crippen molar-refractivity contribution < 1.29 is 4.79 Å². The molecule has 1 aliphatic heterocycles. The van der Waals surface area contributed by atoms with Crippen LogP contribution in [-0.2, 0) is 24.4 Å².